The van der Waals surface area contributed by atoms with Crippen molar-refractivity contribution < 1.29 is 0 Å². The SMILES string of the molecule is NCCN1CC(N)CC(Cc2ccc(Cl)cc2)C1. The Bertz CT molecular complexity index is 366. The Kier molecular flexibility index (Phi) is 5.01. The van der Waals surface area contributed by atoms with E-state index in [1.54, 1.807) is 0 Å². The zero-order chi connectivity index (χ0) is 13.0. The van der Waals surface area contributed by atoms with Crippen LogP contribution in [0.4, 0.5) is 0 Å². The summed E-state index contributed by atoms with van der Waals surface area (Å²) in [5.74, 6) is 0.626. The van der Waals surface area contributed by atoms with Crippen LogP contribution in [0.5, 0.6) is 0 Å². The van der Waals surface area contributed by atoms with Crippen molar-refractivity contribution in [2.45, 2.75) is 18.9 Å². The highest BCUT2D eigenvalue weighted by atomic mass is 35.5. The highest BCUT2D eigenvalue weighted by molar-refractivity contribution is 6.30. The van der Waals surface area contributed by atoms with Crippen LogP contribution in [0.1, 0.15) is 12.0 Å². The summed E-state index contributed by atoms with van der Waals surface area (Å²) >= 11 is 5.90. The van der Waals surface area contributed by atoms with Crippen molar-refractivity contribution in [3.05, 3.63) is 34.9 Å². The van der Waals surface area contributed by atoms with Gasteiger partial charge in [0, 0.05) is 37.2 Å². The summed E-state index contributed by atoms with van der Waals surface area (Å²) < 4.78 is 0. The second kappa shape index (κ2) is 6.53. The summed E-state index contributed by atoms with van der Waals surface area (Å²) in [5, 5.41) is 0.795. The summed E-state index contributed by atoms with van der Waals surface area (Å²) in [6.45, 7) is 3.74. The molecule has 2 unspecified atom stereocenters. The lowest BCUT2D eigenvalue weighted by molar-refractivity contribution is 0.160. The van der Waals surface area contributed by atoms with Gasteiger partial charge in [-0.3, -0.25) is 0 Å². The Hall–Kier alpha value is -0.610. The third-order valence-corrected chi connectivity index (χ3v) is 3.78. The Morgan fingerprint density at radius 3 is 2.61 bits per heavy atom. The molecule has 1 fully saturated rings. The maximum absolute atomic E-state index is 6.12. The van der Waals surface area contributed by atoms with Gasteiger partial charge in [0.1, 0.15) is 0 Å². The zero-order valence-electron chi connectivity index (χ0n) is 10.7. The quantitative estimate of drug-likeness (QED) is 0.869. The van der Waals surface area contributed by atoms with E-state index in [0.717, 1.165) is 37.5 Å². The summed E-state index contributed by atoms with van der Waals surface area (Å²) in [6.07, 6.45) is 2.18. The van der Waals surface area contributed by atoms with E-state index in [2.05, 4.69) is 17.0 Å². The molecule has 18 heavy (non-hydrogen) atoms. The van der Waals surface area contributed by atoms with E-state index in [1.807, 2.05) is 12.1 Å². The largest absolute Gasteiger partial charge is 0.329 e. The van der Waals surface area contributed by atoms with Gasteiger partial charge in [0.25, 0.3) is 0 Å². The molecule has 0 amide bonds. The van der Waals surface area contributed by atoms with Crippen molar-refractivity contribution in [1.29, 1.82) is 0 Å². The van der Waals surface area contributed by atoms with E-state index in [4.69, 9.17) is 23.1 Å². The highest BCUT2D eigenvalue weighted by Gasteiger charge is 2.24. The first-order valence-electron chi connectivity index (χ1n) is 6.60. The van der Waals surface area contributed by atoms with Crippen molar-refractivity contribution in [2.24, 2.45) is 17.4 Å². The van der Waals surface area contributed by atoms with Gasteiger partial charge in [0.15, 0.2) is 0 Å². The number of piperidine rings is 1. The number of benzene rings is 1. The molecule has 1 aromatic rings. The van der Waals surface area contributed by atoms with Crippen LogP contribution >= 0.6 is 11.6 Å². The molecule has 0 aromatic heterocycles. The van der Waals surface area contributed by atoms with Gasteiger partial charge in [-0.2, -0.15) is 0 Å². The molecule has 1 heterocycles. The van der Waals surface area contributed by atoms with Gasteiger partial charge < -0.3 is 16.4 Å². The van der Waals surface area contributed by atoms with Crippen LogP contribution < -0.4 is 11.5 Å². The van der Waals surface area contributed by atoms with Crippen molar-refractivity contribution >= 4 is 11.6 Å². The molecule has 0 spiro atoms. The third-order valence-electron chi connectivity index (χ3n) is 3.53. The number of nitrogens with zero attached hydrogens (tertiary/aromatic N) is 1. The first-order valence-corrected chi connectivity index (χ1v) is 6.97. The number of hydrogen-bond acceptors (Lipinski definition) is 3. The van der Waals surface area contributed by atoms with Gasteiger partial charge >= 0.3 is 0 Å². The minimum atomic E-state index is 0.280. The fourth-order valence-corrected chi connectivity index (χ4v) is 2.94. The lowest BCUT2D eigenvalue weighted by Crippen LogP contribution is -2.48. The molecule has 1 aliphatic heterocycles. The lowest BCUT2D eigenvalue weighted by atomic mass is 9.89. The molecule has 1 aromatic carbocycles. The first kappa shape index (κ1) is 13.8. The molecule has 0 radical (unpaired) electrons. The molecule has 1 saturated heterocycles. The predicted octanol–water partition coefficient (Wildman–Crippen LogP) is 1.49. The predicted molar refractivity (Wildman–Crippen MR) is 76.7 cm³/mol. The lowest BCUT2D eigenvalue weighted by Gasteiger charge is -2.36. The topological polar surface area (TPSA) is 55.3 Å². The number of likely N-dealkylation sites (tertiary alicyclic amines) is 1. The fourth-order valence-electron chi connectivity index (χ4n) is 2.82. The second-order valence-corrected chi connectivity index (χ2v) is 5.68. The van der Waals surface area contributed by atoms with Crippen molar-refractivity contribution in [3.8, 4) is 0 Å². The van der Waals surface area contributed by atoms with Crippen molar-refractivity contribution in [3.63, 3.8) is 0 Å². The molecule has 0 bridgehead atoms. The highest BCUT2D eigenvalue weighted by Crippen LogP contribution is 2.21. The fraction of sp³-hybridized carbons (Fsp3) is 0.571. The average molecular weight is 268 g/mol. The molecule has 4 N–H and O–H groups in total. The zero-order valence-corrected chi connectivity index (χ0v) is 11.4. The first-order chi connectivity index (χ1) is 8.67. The minimum absolute atomic E-state index is 0.280. The number of halogens is 1. The van der Waals surface area contributed by atoms with Crippen LogP contribution in [0.2, 0.25) is 5.02 Å². The van der Waals surface area contributed by atoms with Crippen molar-refractivity contribution in [1.82, 2.24) is 4.90 Å². The van der Waals surface area contributed by atoms with E-state index >= 15 is 0 Å². The molecular weight excluding hydrogens is 246 g/mol. The van der Waals surface area contributed by atoms with Crippen LogP contribution in [0.3, 0.4) is 0 Å². The third kappa shape index (κ3) is 3.95. The molecule has 4 heteroatoms. The Balaban J connectivity index is 1.93. The summed E-state index contributed by atoms with van der Waals surface area (Å²) in [6, 6.07) is 8.41. The summed E-state index contributed by atoms with van der Waals surface area (Å²) in [4.78, 5) is 2.38. The van der Waals surface area contributed by atoms with Crippen molar-refractivity contribution in [2.75, 3.05) is 26.2 Å². The number of hydrogen-bond donors (Lipinski definition) is 2. The molecule has 3 nitrogen and oxygen atoms in total. The Morgan fingerprint density at radius 1 is 1.22 bits per heavy atom. The molecule has 0 saturated carbocycles. The van der Waals surface area contributed by atoms with Gasteiger partial charge in [-0.25, -0.2) is 0 Å². The molecule has 2 atom stereocenters. The molecular formula is C14H22ClN3. The minimum Gasteiger partial charge on any atom is -0.329 e. The normalized spacial score (nSPS) is 25.3. The standard InChI is InChI=1S/C14H22ClN3/c15-13-3-1-11(2-4-13)7-12-8-14(17)10-18(9-12)6-5-16/h1-4,12,14H,5-10,16-17H2. The van der Waals surface area contributed by atoms with Gasteiger partial charge in [0.2, 0.25) is 0 Å². The van der Waals surface area contributed by atoms with Gasteiger partial charge in [0.05, 0.1) is 0 Å². The summed E-state index contributed by atoms with van der Waals surface area (Å²) in [5.41, 5.74) is 13.1. The van der Waals surface area contributed by atoms with E-state index < -0.39 is 0 Å². The monoisotopic (exact) mass is 267 g/mol. The Morgan fingerprint density at radius 2 is 1.94 bits per heavy atom. The van der Waals surface area contributed by atoms with Crippen LogP contribution in [0.15, 0.2) is 24.3 Å². The second-order valence-electron chi connectivity index (χ2n) is 5.24. The average Bonchev–Trinajstić information content (AvgIpc) is 2.32. The maximum Gasteiger partial charge on any atom is 0.0406 e. The Labute approximate surface area is 114 Å². The smallest absolute Gasteiger partial charge is 0.0406 e. The van der Waals surface area contributed by atoms with Crippen LogP contribution in [-0.4, -0.2) is 37.1 Å². The van der Waals surface area contributed by atoms with E-state index in [9.17, 15) is 0 Å². The van der Waals surface area contributed by atoms with E-state index in [1.165, 1.54) is 5.56 Å². The molecule has 0 aliphatic carbocycles. The number of nitrogens with two attached hydrogens (primary N) is 2. The molecule has 1 aliphatic rings. The van der Waals surface area contributed by atoms with Gasteiger partial charge in [-0.15, -0.1) is 0 Å². The number of rotatable bonds is 4. The van der Waals surface area contributed by atoms with E-state index in [-0.39, 0.29) is 6.04 Å². The van der Waals surface area contributed by atoms with Crippen LogP contribution in [-0.2, 0) is 6.42 Å². The van der Waals surface area contributed by atoms with Crippen LogP contribution in [0, 0.1) is 5.92 Å². The molecule has 2 rings (SSSR count). The van der Waals surface area contributed by atoms with Gasteiger partial charge in [-0.05, 0) is 36.5 Å². The van der Waals surface area contributed by atoms with E-state index in [0.29, 0.717) is 12.5 Å². The van der Waals surface area contributed by atoms with Gasteiger partial charge in [-0.1, -0.05) is 23.7 Å². The summed E-state index contributed by atoms with van der Waals surface area (Å²) in [7, 11) is 0. The van der Waals surface area contributed by atoms with Crippen LogP contribution in [0.25, 0.3) is 0 Å². The molecule has 100 valence electrons. The maximum atomic E-state index is 6.12.